The summed E-state index contributed by atoms with van der Waals surface area (Å²) in [6.07, 6.45) is 0.579. The second-order valence-corrected chi connectivity index (χ2v) is 6.57. The van der Waals surface area contributed by atoms with E-state index < -0.39 is 0 Å². The van der Waals surface area contributed by atoms with E-state index >= 15 is 0 Å². The van der Waals surface area contributed by atoms with E-state index in [1.54, 1.807) is 11.8 Å². The van der Waals surface area contributed by atoms with Gasteiger partial charge in [-0.2, -0.15) is 0 Å². The highest BCUT2D eigenvalue weighted by atomic mass is 16.7. The Hall–Kier alpha value is -2.44. The summed E-state index contributed by atoms with van der Waals surface area (Å²) in [6, 6.07) is 5.92. The van der Waals surface area contributed by atoms with Gasteiger partial charge in [-0.1, -0.05) is 6.07 Å². The summed E-state index contributed by atoms with van der Waals surface area (Å²) < 4.78 is 15.8. The lowest BCUT2D eigenvalue weighted by Crippen LogP contribution is -2.51. The topological polar surface area (TPSA) is 68.3 Å². The number of nitrogens with zero attached hydrogens (tertiary/aromatic N) is 2. The molecule has 1 aromatic rings. The Bertz CT molecular complexity index is 684. The van der Waals surface area contributed by atoms with E-state index in [1.807, 2.05) is 23.1 Å². The van der Waals surface area contributed by atoms with Gasteiger partial charge in [-0.3, -0.25) is 4.79 Å². The Morgan fingerprint density at radius 1 is 1.12 bits per heavy atom. The van der Waals surface area contributed by atoms with Gasteiger partial charge >= 0.3 is 6.09 Å². The van der Waals surface area contributed by atoms with Crippen LogP contribution in [-0.2, 0) is 9.53 Å². The van der Waals surface area contributed by atoms with E-state index in [2.05, 4.69) is 0 Å². The van der Waals surface area contributed by atoms with Crippen LogP contribution >= 0.6 is 0 Å². The first-order valence-corrected chi connectivity index (χ1v) is 8.77. The quantitative estimate of drug-likeness (QED) is 0.835. The molecule has 25 heavy (non-hydrogen) atoms. The van der Waals surface area contributed by atoms with Gasteiger partial charge in [0.05, 0.1) is 6.61 Å². The first kappa shape index (κ1) is 16.1. The van der Waals surface area contributed by atoms with Crippen LogP contribution in [0.5, 0.6) is 11.5 Å². The number of carbonyl (C=O) groups excluding carboxylic acids is 2. The third-order valence-corrected chi connectivity index (χ3v) is 5.05. The highest BCUT2D eigenvalue weighted by molar-refractivity contribution is 5.83. The van der Waals surface area contributed by atoms with Gasteiger partial charge in [-0.05, 0) is 37.0 Å². The molecule has 0 aromatic heterocycles. The standard InChI is InChI=1S/C18H22N2O5/c1-2-23-18(22)20-7-5-19(6-8-20)17(21)14-10-13(14)12-3-4-15-16(9-12)25-11-24-15/h3-4,9,13-14H,2,5-8,10-11H2,1H3/t13-,14-/m0/s1. The van der Waals surface area contributed by atoms with Crippen molar-refractivity contribution in [3.05, 3.63) is 23.8 Å². The second-order valence-electron chi connectivity index (χ2n) is 6.57. The number of hydrogen-bond donors (Lipinski definition) is 0. The van der Waals surface area contributed by atoms with Crippen LogP contribution in [0.3, 0.4) is 0 Å². The van der Waals surface area contributed by atoms with Crippen LogP contribution < -0.4 is 9.47 Å². The van der Waals surface area contributed by atoms with Gasteiger partial charge in [0.15, 0.2) is 11.5 Å². The minimum atomic E-state index is -0.292. The molecule has 2 amide bonds. The normalized spacial score (nSPS) is 24.2. The molecule has 0 spiro atoms. The first-order chi connectivity index (χ1) is 12.2. The van der Waals surface area contributed by atoms with Crippen LogP contribution in [0.1, 0.15) is 24.8 Å². The molecule has 0 bridgehead atoms. The zero-order valence-corrected chi connectivity index (χ0v) is 14.3. The minimum Gasteiger partial charge on any atom is -0.454 e. The SMILES string of the molecule is CCOC(=O)N1CCN(C(=O)[C@H]2C[C@H]2c2ccc3c(c2)OCO3)CC1. The molecule has 7 heteroatoms. The second kappa shape index (κ2) is 6.46. The molecular weight excluding hydrogens is 324 g/mol. The summed E-state index contributed by atoms with van der Waals surface area (Å²) in [7, 11) is 0. The fourth-order valence-corrected chi connectivity index (χ4v) is 3.54. The van der Waals surface area contributed by atoms with Crippen LogP contribution in [0.4, 0.5) is 4.79 Å². The number of fused-ring (bicyclic) bond motifs is 1. The molecule has 0 N–H and O–H groups in total. The number of rotatable bonds is 3. The summed E-state index contributed by atoms with van der Waals surface area (Å²) in [5, 5.41) is 0. The molecule has 4 rings (SSSR count). The molecule has 3 aliphatic rings. The maximum Gasteiger partial charge on any atom is 0.409 e. The van der Waals surface area contributed by atoms with Crippen LogP contribution in [0.25, 0.3) is 0 Å². The third-order valence-electron chi connectivity index (χ3n) is 5.05. The lowest BCUT2D eigenvalue weighted by Gasteiger charge is -2.34. The summed E-state index contributed by atoms with van der Waals surface area (Å²) >= 11 is 0. The van der Waals surface area contributed by atoms with Crippen molar-refractivity contribution in [1.29, 1.82) is 0 Å². The van der Waals surface area contributed by atoms with Crippen molar-refractivity contribution in [2.24, 2.45) is 5.92 Å². The lowest BCUT2D eigenvalue weighted by atomic mass is 10.1. The number of ether oxygens (including phenoxy) is 3. The molecule has 7 nitrogen and oxygen atoms in total. The van der Waals surface area contributed by atoms with Gasteiger partial charge in [0.1, 0.15) is 0 Å². The number of benzene rings is 1. The molecule has 2 heterocycles. The van der Waals surface area contributed by atoms with E-state index in [4.69, 9.17) is 14.2 Å². The van der Waals surface area contributed by atoms with Crippen LogP contribution in [0, 0.1) is 5.92 Å². The largest absolute Gasteiger partial charge is 0.454 e. The molecule has 2 aliphatic heterocycles. The van der Waals surface area contributed by atoms with Gasteiger partial charge in [0, 0.05) is 32.1 Å². The molecule has 1 saturated carbocycles. The highest BCUT2D eigenvalue weighted by Gasteiger charge is 2.46. The molecule has 134 valence electrons. The Labute approximate surface area is 146 Å². The van der Waals surface area contributed by atoms with E-state index in [0.29, 0.717) is 32.8 Å². The fourth-order valence-electron chi connectivity index (χ4n) is 3.54. The van der Waals surface area contributed by atoms with Gasteiger partial charge in [0.2, 0.25) is 12.7 Å². The van der Waals surface area contributed by atoms with Crippen molar-refractivity contribution in [2.45, 2.75) is 19.3 Å². The van der Waals surface area contributed by atoms with Gasteiger partial charge < -0.3 is 24.0 Å². The summed E-state index contributed by atoms with van der Waals surface area (Å²) in [4.78, 5) is 28.0. The van der Waals surface area contributed by atoms with Crippen molar-refractivity contribution in [3.8, 4) is 11.5 Å². The Balaban J connectivity index is 1.32. The van der Waals surface area contributed by atoms with E-state index in [0.717, 1.165) is 23.5 Å². The highest BCUT2D eigenvalue weighted by Crippen LogP contribution is 2.50. The molecule has 0 unspecified atom stereocenters. The fraction of sp³-hybridized carbons (Fsp3) is 0.556. The number of piperazine rings is 1. The smallest absolute Gasteiger partial charge is 0.409 e. The van der Waals surface area contributed by atoms with Crippen molar-refractivity contribution in [2.75, 3.05) is 39.6 Å². The molecular formula is C18H22N2O5. The van der Waals surface area contributed by atoms with E-state index in [9.17, 15) is 9.59 Å². The third kappa shape index (κ3) is 3.10. The number of carbonyl (C=O) groups is 2. The van der Waals surface area contributed by atoms with Gasteiger partial charge in [0.25, 0.3) is 0 Å². The van der Waals surface area contributed by atoms with Crippen LogP contribution in [0.15, 0.2) is 18.2 Å². The zero-order valence-electron chi connectivity index (χ0n) is 14.3. The molecule has 0 radical (unpaired) electrons. The Kier molecular flexibility index (Phi) is 4.15. The van der Waals surface area contributed by atoms with Crippen molar-refractivity contribution in [1.82, 2.24) is 9.80 Å². The molecule has 1 aromatic carbocycles. The monoisotopic (exact) mass is 346 g/mol. The maximum atomic E-state index is 12.7. The molecule has 1 aliphatic carbocycles. The average Bonchev–Trinajstić information content (AvgIpc) is 3.30. The molecule has 2 fully saturated rings. The minimum absolute atomic E-state index is 0.0366. The molecule has 1 saturated heterocycles. The van der Waals surface area contributed by atoms with Crippen molar-refractivity contribution >= 4 is 12.0 Å². The summed E-state index contributed by atoms with van der Waals surface area (Å²) in [5.41, 5.74) is 1.13. The number of amides is 2. The van der Waals surface area contributed by atoms with Crippen LogP contribution in [-0.4, -0.2) is 61.4 Å². The van der Waals surface area contributed by atoms with Crippen LogP contribution in [0.2, 0.25) is 0 Å². The lowest BCUT2D eigenvalue weighted by molar-refractivity contribution is -0.134. The summed E-state index contributed by atoms with van der Waals surface area (Å²) in [6.45, 7) is 4.64. The zero-order chi connectivity index (χ0) is 17.4. The Morgan fingerprint density at radius 3 is 2.60 bits per heavy atom. The Morgan fingerprint density at radius 2 is 1.84 bits per heavy atom. The predicted octanol–water partition coefficient (Wildman–Crippen LogP) is 1.82. The molecule has 2 atom stereocenters. The first-order valence-electron chi connectivity index (χ1n) is 8.77. The van der Waals surface area contributed by atoms with E-state index in [1.165, 1.54) is 0 Å². The van der Waals surface area contributed by atoms with Crippen molar-refractivity contribution < 1.29 is 23.8 Å². The predicted molar refractivity (Wildman–Crippen MR) is 88.6 cm³/mol. The number of hydrogen-bond acceptors (Lipinski definition) is 5. The van der Waals surface area contributed by atoms with E-state index in [-0.39, 0.29) is 30.6 Å². The van der Waals surface area contributed by atoms with Gasteiger partial charge in [-0.15, -0.1) is 0 Å². The average molecular weight is 346 g/mol. The van der Waals surface area contributed by atoms with Gasteiger partial charge in [-0.25, -0.2) is 4.79 Å². The van der Waals surface area contributed by atoms with Crippen molar-refractivity contribution in [3.63, 3.8) is 0 Å². The maximum absolute atomic E-state index is 12.7. The summed E-state index contributed by atoms with van der Waals surface area (Å²) in [5.74, 6) is 2.01.